The van der Waals surface area contributed by atoms with Crippen LogP contribution in [0.5, 0.6) is 0 Å². The van der Waals surface area contributed by atoms with E-state index < -0.39 is 10.0 Å². The number of benzene rings is 1. The van der Waals surface area contributed by atoms with Crippen molar-refractivity contribution in [3.05, 3.63) is 28.2 Å². The molecule has 2 fully saturated rings. The summed E-state index contributed by atoms with van der Waals surface area (Å²) in [5.41, 5.74) is 7.12. The summed E-state index contributed by atoms with van der Waals surface area (Å²) in [6.07, 6.45) is 2.07. The number of hydrogen-bond donors (Lipinski definition) is 1. The number of halogens is 1. The smallest absolute Gasteiger partial charge is 0.244 e. The van der Waals surface area contributed by atoms with Crippen molar-refractivity contribution in [2.45, 2.75) is 30.7 Å². The monoisotopic (exact) mass is 358 g/mol. The molecule has 1 saturated carbocycles. The van der Waals surface area contributed by atoms with Crippen LogP contribution in [0.25, 0.3) is 0 Å². The van der Waals surface area contributed by atoms with Crippen LogP contribution in [0.15, 0.2) is 27.6 Å². The highest BCUT2D eigenvalue weighted by atomic mass is 79.9. The summed E-state index contributed by atoms with van der Waals surface area (Å²) in [4.78, 5) is 0.358. The fourth-order valence-corrected chi connectivity index (χ4v) is 6.10. The van der Waals surface area contributed by atoms with Crippen molar-refractivity contribution >= 4 is 26.0 Å². The van der Waals surface area contributed by atoms with Gasteiger partial charge in [-0.15, -0.1) is 0 Å². The first-order valence-electron chi connectivity index (χ1n) is 6.91. The third-order valence-corrected chi connectivity index (χ3v) is 7.39. The van der Waals surface area contributed by atoms with Crippen LogP contribution in [0.3, 0.4) is 0 Å². The maximum atomic E-state index is 12.8. The molecule has 110 valence electrons. The van der Waals surface area contributed by atoms with Crippen LogP contribution < -0.4 is 5.73 Å². The van der Waals surface area contributed by atoms with E-state index >= 15 is 0 Å². The van der Waals surface area contributed by atoms with Gasteiger partial charge in [0.1, 0.15) is 0 Å². The minimum absolute atomic E-state index is 0.154. The first-order chi connectivity index (χ1) is 9.39. The Labute approximate surface area is 128 Å². The third-order valence-electron chi connectivity index (χ3n) is 4.58. The molecule has 0 radical (unpaired) electrons. The number of rotatable bonds is 2. The van der Waals surface area contributed by atoms with Gasteiger partial charge in [-0.25, -0.2) is 8.42 Å². The second-order valence-electron chi connectivity index (χ2n) is 5.92. The number of nitrogens with two attached hydrogens (primary N) is 1. The Kier molecular flexibility index (Phi) is 3.69. The van der Waals surface area contributed by atoms with E-state index in [1.165, 1.54) is 0 Å². The van der Waals surface area contributed by atoms with Crippen molar-refractivity contribution < 1.29 is 8.42 Å². The van der Waals surface area contributed by atoms with E-state index in [2.05, 4.69) is 15.9 Å². The number of sulfonamides is 1. The first kappa shape index (κ1) is 14.5. The van der Waals surface area contributed by atoms with Crippen LogP contribution in [0.4, 0.5) is 0 Å². The third kappa shape index (κ3) is 2.32. The Balaban J connectivity index is 1.90. The fraction of sp³-hybridized carbons (Fsp3) is 0.571. The van der Waals surface area contributed by atoms with Crippen molar-refractivity contribution in [2.75, 3.05) is 13.1 Å². The lowest BCUT2D eigenvalue weighted by Gasteiger charge is -2.19. The predicted octanol–water partition coefficient (Wildman–Crippen LogP) is 2.12. The lowest BCUT2D eigenvalue weighted by atomic mass is 9.98. The van der Waals surface area contributed by atoms with E-state index in [-0.39, 0.29) is 6.04 Å². The molecule has 1 aromatic rings. The van der Waals surface area contributed by atoms with Crippen LogP contribution in [0, 0.1) is 18.8 Å². The molecular weight excluding hydrogens is 340 g/mol. The Morgan fingerprint density at radius 2 is 2.05 bits per heavy atom. The molecule has 1 aromatic carbocycles. The molecule has 0 bridgehead atoms. The molecule has 0 aromatic heterocycles. The van der Waals surface area contributed by atoms with E-state index in [4.69, 9.17) is 5.73 Å². The number of nitrogens with zero attached hydrogens (tertiary/aromatic N) is 1. The summed E-state index contributed by atoms with van der Waals surface area (Å²) in [6.45, 7) is 3.12. The van der Waals surface area contributed by atoms with Gasteiger partial charge in [-0.1, -0.05) is 6.07 Å². The normalized spacial score (nSPS) is 30.6. The molecule has 1 aliphatic heterocycles. The topological polar surface area (TPSA) is 63.4 Å². The molecule has 20 heavy (non-hydrogen) atoms. The van der Waals surface area contributed by atoms with Crippen LogP contribution in [0.2, 0.25) is 0 Å². The first-order valence-corrected chi connectivity index (χ1v) is 9.15. The molecule has 2 N–H and O–H groups in total. The van der Waals surface area contributed by atoms with Crippen molar-refractivity contribution in [3.63, 3.8) is 0 Å². The van der Waals surface area contributed by atoms with E-state index in [1.807, 2.05) is 19.1 Å². The molecule has 1 aliphatic carbocycles. The zero-order valence-corrected chi connectivity index (χ0v) is 13.8. The minimum Gasteiger partial charge on any atom is -0.327 e. The molecule has 6 heteroatoms. The van der Waals surface area contributed by atoms with Gasteiger partial charge >= 0.3 is 0 Å². The zero-order chi connectivity index (χ0) is 14.5. The zero-order valence-electron chi connectivity index (χ0n) is 11.4. The molecule has 2 aliphatic rings. The maximum absolute atomic E-state index is 12.8. The van der Waals surface area contributed by atoms with Crippen molar-refractivity contribution in [3.8, 4) is 0 Å². The van der Waals surface area contributed by atoms with Crippen LogP contribution in [0.1, 0.15) is 18.4 Å². The van der Waals surface area contributed by atoms with Gasteiger partial charge in [-0.05, 0) is 65.2 Å². The summed E-state index contributed by atoms with van der Waals surface area (Å²) < 4.78 is 27.8. The highest BCUT2D eigenvalue weighted by Gasteiger charge is 2.45. The van der Waals surface area contributed by atoms with Gasteiger partial charge in [-0.2, -0.15) is 4.31 Å². The van der Waals surface area contributed by atoms with Gasteiger partial charge in [0.25, 0.3) is 0 Å². The largest absolute Gasteiger partial charge is 0.327 e. The second-order valence-corrected chi connectivity index (χ2v) is 8.68. The minimum atomic E-state index is -3.42. The highest BCUT2D eigenvalue weighted by Crippen LogP contribution is 2.40. The van der Waals surface area contributed by atoms with E-state index in [1.54, 1.807) is 10.4 Å². The highest BCUT2D eigenvalue weighted by molar-refractivity contribution is 9.10. The number of fused-ring (bicyclic) bond motifs is 1. The van der Waals surface area contributed by atoms with Gasteiger partial charge in [0, 0.05) is 23.6 Å². The molecule has 3 rings (SSSR count). The SMILES string of the molecule is Cc1ccc(S(=O)(=O)N2CC3CCC(N)C3C2)c(Br)c1. The maximum Gasteiger partial charge on any atom is 0.244 e. The summed E-state index contributed by atoms with van der Waals surface area (Å²) >= 11 is 3.37. The van der Waals surface area contributed by atoms with Crippen molar-refractivity contribution in [1.82, 2.24) is 4.31 Å². The number of hydrogen-bond acceptors (Lipinski definition) is 3. The average molecular weight is 359 g/mol. The molecule has 3 atom stereocenters. The lowest BCUT2D eigenvalue weighted by Crippen LogP contribution is -2.33. The van der Waals surface area contributed by atoms with Gasteiger partial charge < -0.3 is 5.73 Å². The van der Waals surface area contributed by atoms with Gasteiger partial charge in [0.2, 0.25) is 10.0 Å². The lowest BCUT2D eigenvalue weighted by molar-refractivity contribution is 0.427. The van der Waals surface area contributed by atoms with E-state index in [0.717, 1.165) is 18.4 Å². The molecule has 0 spiro atoms. The Morgan fingerprint density at radius 3 is 2.70 bits per heavy atom. The summed E-state index contributed by atoms with van der Waals surface area (Å²) in [5.74, 6) is 0.762. The molecule has 1 saturated heterocycles. The molecule has 4 nitrogen and oxygen atoms in total. The van der Waals surface area contributed by atoms with Crippen LogP contribution in [-0.2, 0) is 10.0 Å². The fourth-order valence-electron chi connectivity index (χ4n) is 3.42. The average Bonchev–Trinajstić information content (AvgIpc) is 2.92. The summed E-state index contributed by atoms with van der Waals surface area (Å²) in [7, 11) is -3.42. The number of aryl methyl sites for hydroxylation is 1. The van der Waals surface area contributed by atoms with Gasteiger partial charge in [-0.3, -0.25) is 0 Å². The van der Waals surface area contributed by atoms with E-state index in [0.29, 0.717) is 34.3 Å². The summed E-state index contributed by atoms with van der Waals surface area (Å²) in [5, 5.41) is 0. The summed E-state index contributed by atoms with van der Waals surface area (Å²) in [6, 6.07) is 5.51. The van der Waals surface area contributed by atoms with Crippen molar-refractivity contribution in [2.24, 2.45) is 17.6 Å². The Morgan fingerprint density at radius 1 is 1.30 bits per heavy atom. The Hall–Kier alpha value is -0.430. The molecule has 1 heterocycles. The second kappa shape index (κ2) is 5.09. The van der Waals surface area contributed by atoms with E-state index in [9.17, 15) is 8.42 Å². The quantitative estimate of drug-likeness (QED) is 0.880. The molecule has 3 unspecified atom stereocenters. The van der Waals surface area contributed by atoms with Crippen molar-refractivity contribution in [1.29, 1.82) is 0 Å². The van der Waals surface area contributed by atoms with Crippen LogP contribution >= 0.6 is 15.9 Å². The Bertz CT molecular complexity index is 632. The predicted molar refractivity (Wildman–Crippen MR) is 81.8 cm³/mol. The van der Waals surface area contributed by atoms with Crippen LogP contribution in [-0.4, -0.2) is 31.9 Å². The molecule has 0 amide bonds. The van der Waals surface area contributed by atoms with Gasteiger partial charge in [0.15, 0.2) is 0 Å². The van der Waals surface area contributed by atoms with Gasteiger partial charge in [0.05, 0.1) is 4.90 Å². The standard InChI is InChI=1S/C14H19BrN2O2S/c1-9-2-5-14(12(15)6-9)20(18,19)17-7-10-3-4-13(16)11(10)8-17/h2,5-6,10-11,13H,3-4,7-8,16H2,1H3. The molecular formula is C14H19BrN2O2S.